The van der Waals surface area contributed by atoms with Crippen LogP contribution in [0.25, 0.3) is 0 Å². The summed E-state index contributed by atoms with van der Waals surface area (Å²) in [7, 11) is 0. The summed E-state index contributed by atoms with van der Waals surface area (Å²) in [6, 6.07) is 1.43. The molecular weight excluding hydrogens is 236 g/mol. The van der Waals surface area contributed by atoms with E-state index in [2.05, 4.69) is 34.0 Å². The molecule has 0 spiro atoms. The van der Waals surface area contributed by atoms with Crippen LogP contribution in [0.4, 0.5) is 5.82 Å². The zero-order valence-electron chi connectivity index (χ0n) is 12.0. The highest BCUT2D eigenvalue weighted by Gasteiger charge is 2.30. The van der Waals surface area contributed by atoms with Gasteiger partial charge < -0.3 is 10.2 Å². The average Bonchev–Trinajstić information content (AvgIpc) is 3.28. The molecule has 2 aliphatic carbocycles. The van der Waals surface area contributed by atoms with E-state index in [4.69, 9.17) is 0 Å². The number of anilines is 1. The van der Waals surface area contributed by atoms with Crippen molar-refractivity contribution in [2.45, 2.75) is 58.2 Å². The summed E-state index contributed by atoms with van der Waals surface area (Å²) in [5, 5.41) is 3.47. The van der Waals surface area contributed by atoms with Crippen molar-refractivity contribution >= 4 is 5.82 Å². The quantitative estimate of drug-likeness (QED) is 0.817. The predicted octanol–water partition coefficient (Wildman–Crippen LogP) is 2.35. The molecule has 1 heterocycles. The Morgan fingerprint density at radius 3 is 2.53 bits per heavy atom. The minimum atomic E-state index is 0.665. The average molecular weight is 260 g/mol. The van der Waals surface area contributed by atoms with Gasteiger partial charge in [-0.3, -0.25) is 4.98 Å². The Morgan fingerprint density at radius 2 is 2.00 bits per heavy atom. The molecule has 0 unspecified atom stereocenters. The first-order valence-corrected chi connectivity index (χ1v) is 7.53. The van der Waals surface area contributed by atoms with Gasteiger partial charge in [0.25, 0.3) is 0 Å². The first-order valence-electron chi connectivity index (χ1n) is 7.53. The third kappa shape index (κ3) is 3.66. The standard InChI is InChI=1S/C15H24N4/c1-11(2)10-19(14-5-6-14)15-9-17-13(8-18-15)7-16-12-3-4-12/h8-9,11-12,14,16H,3-7,10H2,1-2H3. The molecule has 2 fully saturated rings. The van der Waals surface area contributed by atoms with Gasteiger partial charge in [-0.2, -0.15) is 0 Å². The SMILES string of the molecule is CC(C)CN(c1cnc(CNC2CC2)cn1)C1CC1. The first kappa shape index (κ1) is 12.9. The number of nitrogens with zero attached hydrogens (tertiary/aromatic N) is 3. The van der Waals surface area contributed by atoms with E-state index >= 15 is 0 Å². The second kappa shape index (κ2) is 5.45. The fraction of sp³-hybridized carbons (Fsp3) is 0.733. The Hall–Kier alpha value is -1.16. The molecule has 2 saturated carbocycles. The maximum Gasteiger partial charge on any atom is 0.147 e. The molecule has 4 heteroatoms. The molecular formula is C15H24N4. The Bertz CT molecular complexity index is 407. The van der Waals surface area contributed by atoms with E-state index < -0.39 is 0 Å². The van der Waals surface area contributed by atoms with Crippen molar-refractivity contribution in [1.29, 1.82) is 0 Å². The van der Waals surface area contributed by atoms with Crippen molar-refractivity contribution in [3.8, 4) is 0 Å². The molecule has 1 aromatic rings. The van der Waals surface area contributed by atoms with Crippen molar-refractivity contribution in [1.82, 2.24) is 15.3 Å². The van der Waals surface area contributed by atoms with E-state index in [9.17, 15) is 0 Å². The van der Waals surface area contributed by atoms with Gasteiger partial charge >= 0.3 is 0 Å². The van der Waals surface area contributed by atoms with Crippen molar-refractivity contribution in [2.24, 2.45) is 5.92 Å². The second-order valence-corrected chi connectivity index (χ2v) is 6.30. The molecule has 0 aromatic carbocycles. The van der Waals surface area contributed by atoms with Crippen LogP contribution in [0.1, 0.15) is 45.2 Å². The molecule has 0 amide bonds. The summed E-state index contributed by atoms with van der Waals surface area (Å²) >= 11 is 0. The predicted molar refractivity (Wildman–Crippen MR) is 77.1 cm³/mol. The Morgan fingerprint density at radius 1 is 1.21 bits per heavy atom. The van der Waals surface area contributed by atoms with Gasteiger partial charge in [-0.1, -0.05) is 13.8 Å². The summed E-state index contributed by atoms with van der Waals surface area (Å²) in [4.78, 5) is 11.6. The molecule has 0 bridgehead atoms. The van der Waals surface area contributed by atoms with Crippen LogP contribution in [0, 0.1) is 5.92 Å². The number of hydrogen-bond donors (Lipinski definition) is 1. The molecule has 0 atom stereocenters. The molecule has 2 aliphatic rings. The van der Waals surface area contributed by atoms with Gasteiger partial charge in [0.05, 0.1) is 18.1 Å². The Kier molecular flexibility index (Phi) is 3.69. The summed E-state index contributed by atoms with van der Waals surface area (Å²) in [5.41, 5.74) is 1.05. The lowest BCUT2D eigenvalue weighted by Gasteiger charge is -2.25. The van der Waals surface area contributed by atoms with Crippen molar-refractivity contribution in [3.63, 3.8) is 0 Å². The van der Waals surface area contributed by atoms with Gasteiger partial charge in [0.2, 0.25) is 0 Å². The third-order valence-electron chi connectivity index (χ3n) is 3.68. The highest BCUT2D eigenvalue weighted by Crippen LogP contribution is 2.30. The minimum absolute atomic E-state index is 0.665. The van der Waals surface area contributed by atoms with E-state index in [1.807, 2.05) is 12.4 Å². The maximum absolute atomic E-state index is 4.62. The summed E-state index contributed by atoms with van der Waals surface area (Å²) in [6.45, 7) is 6.46. The fourth-order valence-electron chi connectivity index (χ4n) is 2.33. The molecule has 0 saturated heterocycles. The van der Waals surface area contributed by atoms with Crippen LogP contribution in [0.3, 0.4) is 0 Å². The highest BCUT2D eigenvalue weighted by molar-refractivity contribution is 5.39. The van der Waals surface area contributed by atoms with Crippen LogP contribution in [0.2, 0.25) is 0 Å². The van der Waals surface area contributed by atoms with E-state index in [1.165, 1.54) is 25.7 Å². The summed E-state index contributed by atoms with van der Waals surface area (Å²) in [5.74, 6) is 1.71. The third-order valence-corrected chi connectivity index (χ3v) is 3.68. The molecule has 4 nitrogen and oxygen atoms in total. The number of rotatable bonds is 7. The number of aromatic nitrogens is 2. The molecule has 104 valence electrons. The van der Waals surface area contributed by atoms with Gasteiger partial charge in [0.1, 0.15) is 5.82 Å². The monoisotopic (exact) mass is 260 g/mol. The lowest BCUT2D eigenvalue weighted by Crippen LogP contribution is -2.30. The topological polar surface area (TPSA) is 41.1 Å². The van der Waals surface area contributed by atoms with E-state index in [0.29, 0.717) is 12.0 Å². The molecule has 0 radical (unpaired) electrons. The Balaban J connectivity index is 1.61. The Labute approximate surface area is 115 Å². The van der Waals surface area contributed by atoms with Gasteiger partial charge in [-0.25, -0.2) is 4.98 Å². The smallest absolute Gasteiger partial charge is 0.147 e. The van der Waals surface area contributed by atoms with E-state index in [0.717, 1.165) is 30.6 Å². The molecule has 0 aliphatic heterocycles. The highest BCUT2D eigenvalue weighted by atomic mass is 15.2. The van der Waals surface area contributed by atoms with Crippen LogP contribution in [0.5, 0.6) is 0 Å². The molecule has 1 N–H and O–H groups in total. The summed E-state index contributed by atoms with van der Waals surface area (Å²) < 4.78 is 0. The van der Waals surface area contributed by atoms with Gasteiger partial charge in [0.15, 0.2) is 0 Å². The zero-order valence-corrected chi connectivity index (χ0v) is 12.0. The van der Waals surface area contributed by atoms with Crippen LogP contribution in [0.15, 0.2) is 12.4 Å². The number of hydrogen-bond acceptors (Lipinski definition) is 4. The van der Waals surface area contributed by atoms with Crippen LogP contribution < -0.4 is 10.2 Å². The van der Waals surface area contributed by atoms with Crippen LogP contribution in [-0.2, 0) is 6.54 Å². The summed E-state index contributed by atoms with van der Waals surface area (Å²) in [6.07, 6.45) is 9.12. The van der Waals surface area contributed by atoms with Crippen molar-refractivity contribution < 1.29 is 0 Å². The molecule has 19 heavy (non-hydrogen) atoms. The molecule has 3 rings (SSSR count). The number of nitrogens with one attached hydrogen (secondary N) is 1. The van der Waals surface area contributed by atoms with Gasteiger partial charge in [0, 0.05) is 25.2 Å². The first-order chi connectivity index (χ1) is 9.22. The van der Waals surface area contributed by atoms with E-state index in [-0.39, 0.29) is 0 Å². The van der Waals surface area contributed by atoms with Gasteiger partial charge in [-0.15, -0.1) is 0 Å². The fourth-order valence-corrected chi connectivity index (χ4v) is 2.33. The van der Waals surface area contributed by atoms with Crippen molar-refractivity contribution in [2.75, 3.05) is 11.4 Å². The molecule has 1 aromatic heterocycles. The lowest BCUT2D eigenvalue weighted by atomic mass is 10.2. The van der Waals surface area contributed by atoms with Crippen LogP contribution >= 0.6 is 0 Å². The second-order valence-electron chi connectivity index (χ2n) is 6.30. The maximum atomic E-state index is 4.62. The van der Waals surface area contributed by atoms with E-state index in [1.54, 1.807) is 0 Å². The minimum Gasteiger partial charge on any atom is -0.352 e. The van der Waals surface area contributed by atoms with Gasteiger partial charge in [-0.05, 0) is 31.6 Å². The van der Waals surface area contributed by atoms with Crippen molar-refractivity contribution in [3.05, 3.63) is 18.1 Å². The largest absolute Gasteiger partial charge is 0.352 e. The zero-order chi connectivity index (χ0) is 13.2. The lowest BCUT2D eigenvalue weighted by molar-refractivity contribution is 0.600. The van der Waals surface area contributed by atoms with Crippen LogP contribution in [-0.4, -0.2) is 28.6 Å². The normalized spacial score (nSPS) is 18.9.